The molecule has 18 heavy (non-hydrogen) atoms. The van der Waals surface area contributed by atoms with Crippen molar-refractivity contribution in [1.82, 2.24) is 4.90 Å². The van der Waals surface area contributed by atoms with E-state index < -0.39 is 0 Å². The summed E-state index contributed by atoms with van der Waals surface area (Å²) in [7, 11) is 0. The first kappa shape index (κ1) is 14.5. The van der Waals surface area contributed by atoms with Crippen LogP contribution in [-0.4, -0.2) is 22.8 Å². The molecule has 102 valence electrons. The maximum Gasteiger partial charge on any atom is 0.0245 e. The van der Waals surface area contributed by atoms with Crippen LogP contribution >= 0.6 is 27.3 Å². The van der Waals surface area contributed by atoms with E-state index in [2.05, 4.69) is 58.4 Å². The zero-order valence-corrected chi connectivity index (χ0v) is 14.1. The molecule has 0 aromatic carbocycles. The molecule has 3 heteroatoms. The first-order chi connectivity index (χ1) is 8.50. The molecule has 1 atom stereocenters. The molecule has 1 nitrogen and oxygen atoms in total. The minimum atomic E-state index is 0.380. The average Bonchev–Trinajstić information content (AvgIpc) is 3.01. The standard InChI is InChI=1S/C15H24BrNS/c1-15(2,3)13(8-16)10-17(14-4-5-14)9-12-6-7-18-11-12/h6-7,11,13-14H,4-5,8-10H2,1-3H3. The zero-order chi connectivity index (χ0) is 13.2. The van der Waals surface area contributed by atoms with Gasteiger partial charge in [-0.15, -0.1) is 0 Å². The Morgan fingerprint density at radius 1 is 1.44 bits per heavy atom. The van der Waals surface area contributed by atoms with Crippen LogP contribution in [0.15, 0.2) is 16.8 Å². The van der Waals surface area contributed by atoms with E-state index in [0.717, 1.165) is 23.8 Å². The van der Waals surface area contributed by atoms with Crippen molar-refractivity contribution in [3.8, 4) is 0 Å². The third kappa shape index (κ3) is 4.07. The van der Waals surface area contributed by atoms with Crippen LogP contribution in [0.1, 0.15) is 39.2 Å². The molecule has 0 amide bonds. The lowest BCUT2D eigenvalue weighted by Crippen LogP contribution is -2.37. The second kappa shape index (κ2) is 6.06. The van der Waals surface area contributed by atoms with E-state index in [-0.39, 0.29) is 0 Å². The fourth-order valence-corrected chi connectivity index (χ4v) is 4.07. The first-order valence-corrected chi connectivity index (χ1v) is 8.88. The number of thiophene rings is 1. The summed E-state index contributed by atoms with van der Waals surface area (Å²) in [5.41, 5.74) is 1.86. The van der Waals surface area contributed by atoms with Gasteiger partial charge < -0.3 is 0 Å². The van der Waals surface area contributed by atoms with E-state index in [0.29, 0.717) is 5.41 Å². The van der Waals surface area contributed by atoms with Crippen LogP contribution in [0.25, 0.3) is 0 Å². The van der Waals surface area contributed by atoms with Gasteiger partial charge in [0.25, 0.3) is 0 Å². The summed E-state index contributed by atoms with van der Waals surface area (Å²) in [5, 5.41) is 5.57. The third-order valence-electron chi connectivity index (χ3n) is 3.89. The fourth-order valence-electron chi connectivity index (χ4n) is 2.24. The van der Waals surface area contributed by atoms with Crippen LogP contribution in [0.5, 0.6) is 0 Å². The van der Waals surface area contributed by atoms with E-state index in [1.54, 1.807) is 0 Å². The summed E-state index contributed by atoms with van der Waals surface area (Å²) in [6.07, 6.45) is 2.78. The Morgan fingerprint density at radius 2 is 2.17 bits per heavy atom. The van der Waals surface area contributed by atoms with Gasteiger partial charge in [0, 0.05) is 24.5 Å². The molecule has 0 radical (unpaired) electrons. The highest BCUT2D eigenvalue weighted by atomic mass is 79.9. The van der Waals surface area contributed by atoms with Crippen molar-refractivity contribution >= 4 is 27.3 Å². The molecule has 0 bridgehead atoms. The van der Waals surface area contributed by atoms with Gasteiger partial charge in [-0.2, -0.15) is 11.3 Å². The van der Waals surface area contributed by atoms with Gasteiger partial charge >= 0.3 is 0 Å². The topological polar surface area (TPSA) is 3.24 Å². The van der Waals surface area contributed by atoms with Gasteiger partial charge in [0.1, 0.15) is 0 Å². The number of halogens is 1. The van der Waals surface area contributed by atoms with E-state index in [1.807, 2.05) is 11.3 Å². The van der Waals surface area contributed by atoms with Crippen LogP contribution in [-0.2, 0) is 6.54 Å². The number of alkyl halides is 1. The summed E-state index contributed by atoms with van der Waals surface area (Å²) in [6, 6.07) is 3.11. The van der Waals surface area contributed by atoms with Crippen molar-refractivity contribution in [2.24, 2.45) is 11.3 Å². The molecular formula is C15H24BrNS. The van der Waals surface area contributed by atoms with E-state index in [1.165, 1.54) is 24.9 Å². The molecule has 1 aliphatic rings. The van der Waals surface area contributed by atoms with Gasteiger partial charge in [0.05, 0.1) is 0 Å². The predicted molar refractivity (Wildman–Crippen MR) is 84.5 cm³/mol. The molecule has 2 rings (SSSR count). The normalized spacial score (nSPS) is 18.3. The Hall–Kier alpha value is 0.140. The molecule has 1 aliphatic carbocycles. The summed E-state index contributed by atoms with van der Waals surface area (Å²) in [5.74, 6) is 0.719. The van der Waals surface area contributed by atoms with Crippen LogP contribution in [0.2, 0.25) is 0 Å². The minimum Gasteiger partial charge on any atom is -0.296 e. The van der Waals surface area contributed by atoms with Gasteiger partial charge in [0.2, 0.25) is 0 Å². The average molecular weight is 330 g/mol. The van der Waals surface area contributed by atoms with Crippen LogP contribution < -0.4 is 0 Å². The highest BCUT2D eigenvalue weighted by Gasteiger charge is 2.33. The third-order valence-corrected chi connectivity index (χ3v) is 5.41. The van der Waals surface area contributed by atoms with Crippen LogP contribution in [0.3, 0.4) is 0 Å². The highest BCUT2D eigenvalue weighted by molar-refractivity contribution is 9.09. The zero-order valence-electron chi connectivity index (χ0n) is 11.7. The molecule has 0 saturated heterocycles. The molecule has 1 aromatic rings. The Bertz CT molecular complexity index is 351. The molecule has 1 unspecified atom stereocenters. The second-order valence-corrected chi connectivity index (χ2v) is 7.94. The lowest BCUT2D eigenvalue weighted by atomic mass is 9.81. The van der Waals surface area contributed by atoms with Crippen molar-refractivity contribution in [3.05, 3.63) is 22.4 Å². The molecule has 0 N–H and O–H groups in total. The van der Waals surface area contributed by atoms with Gasteiger partial charge in [-0.3, -0.25) is 4.90 Å². The van der Waals surface area contributed by atoms with Gasteiger partial charge in [-0.05, 0) is 46.6 Å². The van der Waals surface area contributed by atoms with Gasteiger partial charge in [0.15, 0.2) is 0 Å². The van der Waals surface area contributed by atoms with E-state index >= 15 is 0 Å². The van der Waals surface area contributed by atoms with Gasteiger partial charge in [-0.1, -0.05) is 36.7 Å². The Labute approximate surface area is 124 Å². The van der Waals surface area contributed by atoms with Crippen molar-refractivity contribution < 1.29 is 0 Å². The molecule has 1 saturated carbocycles. The molecular weight excluding hydrogens is 306 g/mol. The minimum absolute atomic E-state index is 0.380. The first-order valence-electron chi connectivity index (χ1n) is 6.82. The SMILES string of the molecule is CC(C)(C)C(CBr)CN(Cc1ccsc1)C1CC1. The smallest absolute Gasteiger partial charge is 0.0245 e. The fraction of sp³-hybridized carbons (Fsp3) is 0.733. The molecule has 0 spiro atoms. The second-order valence-electron chi connectivity index (χ2n) is 6.51. The number of hydrogen-bond acceptors (Lipinski definition) is 2. The van der Waals surface area contributed by atoms with Crippen LogP contribution in [0, 0.1) is 11.3 Å². The van der Waals surface area contributed by atoms with E-state index in [9.17, 15) is 0 Å². The largest absolute Gasteiger partial charge is 0.296 e. The monoisotopic (exact) mass is 329 g/mol. The lowest BCUT2D eigenvalue weighted by Gasteiger charge is -2.34. The van der Waals surface area contributed by atoms with Crippen molar-refractivity contribution in [2.45, 2.75) is 46.2 Å². The summed E-state index contributed by atoms with van der Waals surface area (Å²) in [6.45, 7) is 9.42. The lowest BCUT2D eigenvalue weighted by molar-refractivity contribution is 0.153. The molecule has 1 heterocycles. The Morgan fingerprint density at radius 3 is 2.61 bits per heavy atom. The molecule has 0 aliphatic heterocycles. The summed E-state index contributed by atoms with van der Waals surface area (Å²) < 4.78 is 0. The van der Waals surface area contributed by atoms with E-state index in [4.69, 9.17) is 0 Å². The quantitative estimate of drug-likeness (QED) is 0.679. The Kier molecular flexibility index (Phi) is 4.90. The van der Waals surface area contributed by atoms with Crippen molar-refractivity contribution in [3.63, 3.8) is 0 Å². The van der Waals surface area contributed by atoms with Gasteiger partial charge in [-0.25, -0.2) is 0 Å². The molecule has 1 fully saturated rings. The maximum atomic E-state index is 3.70. The van der Waals surface area contributed by atoms with Crippen molar-refractivity contribution in [1.29, 1.82) is 0 Å². The Balaban J connectivity index is 1.97. The molecule has 1 aromatic heterocycles. The van der Waals surface area contributed by atoms with Crippen molar-refractivity contribution in [2.75, 3.05) is 11.9 Å². The van der Waals surface area contributed by atoms with Crippen LogP contribution in [0.4, 0.5) is 0 Å². The predicted octanol–water partition coefficient (Wildman–Crippen LogP) is 4.77. The number of rotatable bonds is 6. The highest BCUT2D eigenvalue weighted by Crippen LogP contribution is 2.34. The summed E-state index contributed by atoms with van der Waals surface area (Å²) >= 11 is 5.51. The number of nitrogens with zero attached hydrogens (tertiary/aromatic N) is 1. The number of hydrogen-bond donors (Lipinski definition) is 0. The maximum absolute atomic E-state index is 3.70. The summed E-state index contributed by atoms with van der Waals surface area (Å²) in [4.78, 5) is 2.69.